The molecular formula is C18H25FN4O2. The largest absolute Gasteiger partial charge is 0.369 e. The molecule has 0 unspecified atom stereocenters. The van der Waals surface area contributed by atoms with Gasteiger partial charge in [0.1, 0.15) is 5.82 Å². The first kappa shape index (κ1) is 17.7. The first-order valence-electron chi connectivity index (χ1n) is 8.85. The van der Waals surface area contributed by atoms with Gasteiger partial charge in [0, 0.05) is 51.9 Å². The lowest BCUT2D eigenvalue weighted by Gasteiger charge is -2.34. The molecule has 1 aromatic carbocycles. The summed E-state index contributed by atoms with van der Waals surface area (Å²) in [7, 11) is 1.61. The van der Waals surface area contributed by atoms with Crippen molar-refractivity contribution in [1.82, 2.24) is 15.1 Å². The molecule has 0 saturated carbocycles. The van der Waals surface area contributed by atoms with Gasteiger partial charge in [-0.3, -0.25) is 14.5 Å². The van der Waals surface area contributed by atoms with Crippen LogP contribution in [0.25, 0.3) is 0 Å². The Balaban J connectivity index is 1.60. The molecule has 25 heavy (non-hydrogen) atoms. The zero-order valence-electron chi connectivity index (χ0n) is 14.6. The van der Waals surface area contributed by atoms with Crippen LogP contribution < -0.4 is 10.2 Å². The maximum Gasteiger partial charge on any atom is 0.254 e. The Morgan fingerprint density at radius 3 is 2.36 bits per heavy atom. The number of halogens is 1. The van der Waals surface area contributed by atoms with Crippen molar-refractivity contribution in [2.45, 2.75) is 12.8 Å². The van der Waals surface area contributed by atoms with Crippen LogP contribution in [0.15, 0.2) is 18.2 Å². The number of carbonyl (C=O) groups excluding carboxylic acids is 2. The second-order valence-corrected chi connectivity index (χ2v) is 6.60. The molecule has 2 heterocycles. The highest BCUT2D eigenvalue weighted by atomic mass is 19.1. The molecule has 0 atom stereocenters. The number of amides is 2. The van der Waals surface area contributed by atoms with Crippen molar-refractivity contribution >= 4 is 17.5 Å². The highest BCUT2D eigenvalue weighted by molar-refractivity contribution is 5.94. The highest BCUT2D eigenvalue weighted by Crippen LogP contribution is 2.25. The van der Waals surface area contributed by atoms with Crippen molar-refractivity contribution in [3.63, 3.8) is 0 Å². The number of hydrogen-bond acceptors (Lipinski definition) is 4. The third-order valence-corrected chi connectivity index (χ3v) is 4.95. The van der Waals surface area contributed by atoms with Crippen LogP contribution in [0.5, 0.6) is 0 Å². The SMILES string of the molecule is CNC(=O)CN1CCN(C(=O)c2ccc(N3CCCC3)c(F)c2)CC1. The van der Waals surface area contributed by atoms with Crippen LogP contribution in [-0.4, -0.2) is 74.5 Å². The Morgan fingerprint density at radius 2 is 1.76 bits per heavy atom. The number of likely N-dealkylation sites (N-methyl/N-ethyl adjacent to an activating group) is 1. The normalized spacial score (nSPS) is 18.5. The molecule has 2 amide bonds. The number of anilines is 1. The zero-order chi connectivity index (χ0) is 17.8. The molecule has 2 aliphatic rings. The van der Waals surface area contributed by atoms with Gasteiger partial charge in [-0.2, -0.15) is 0 Å². The van der Waals surface area contributed by atoms with Crippen molar-refractivity contribution in [2.24, 2.45) is 0 Å². The van der Waals surface area contributed by atoms with Crippen molar-refractivity contribution in [3.05, 3.63) is 29.6 Å². The van der Waals surface area contributed by atoms with E-state index in [1.54, 1.807) is 24.1 Å². The summed E-state index contributed by atoms with van der Waals surface area (Å²) in [5.41, 5.74) is 0.977. The van der Waals surface area contributed by atoms with Crippen LogP contribution >= 0.6 is 0 Å². The first-order chi connectivity index (χ1) is 12.1. The van der Waals surface area contributed by atoms with Gasteiger partial charge in [-0.1, -0.05) is 0 Å². The molecule has 136 valence electrons. The van der Waals surface area contributed by atoms with Crippen molar-refractivity contribution in [1.29, 1.82) is 0 Å². The van der Waals surface area contributed by atoms with E-state index >= 15 is 0 Å². The fraction of sp³-hybridized carbons (Fsp3) is 0.556. The lowest BCUT2D eigenvalue weighted by Crippen LogP contribution is -2.50. The van der Waals surface area contributed by atoms with Gasteiger partial charge < -0.3 is 15.1 Å². The fourth-order valence-electron chi connectivity index (χ4n) is 3.43. The van der Waals surface area contributed by atoms with Gasteiger partial charge in [-0.15, -0.1) is 0 Å². The van der Waals surface area contributed by atoms with E-state index in [1.165, 1.54) is 6.07 Å². The Bertz CT molecular complexity index is 638. The Hall–Kier alpha value is -2.15. The number of carbonyl (C=O) groups is 2. The molecule has 1 N–H and O–H groups in total. The molecule has 6 nitrogen and oxygen atoms in total. The van der Waals surface area contributed by atoms with Gasteiger partial charge in [0.25, 0.3) is 5.91 Å². The molecule has 2 saturated heterocycles. The molecule has 1 aromatic rings. The quantitative estimate of drug-likeness (QED) is 0.880. The van der Waals surface area contributed by atoms with Crippen LogP contribution in [0.2, 0.25) is 0 Å². The summed E-state index contributed by atoms with van der Waals surface area (Å²) in [5, 5.41) is 2.60. The molecule has 0 spiro atoms. The predicted octanol–water partition coefficient (Wildman–Crippen LogP) is 0.930. The molecule has 2 aliphatic heterocycles. The summed E-state index contributed by atoms with van der Waals surface area (Å²) in [6.07, 6.45) is 2.17. The van der Waals surface area contributed by atoms with Crippen molar-refractivity contribution < 1.29 is 14.0 Å². The maximum atomic E-state index is 14.4. The molecule has 0 radical (unpaired) electrons. The number of nitrogens with one attached hydrogen (secondary N) is 1. The molecule has 3 rings (SSSR count). The molecule has 2 fully saturated rings. The number of nitrogens with zero attached hydrogens (tertiary/aromatic N) is 3. The van der Waals surface area contributed by atoms with Gasteiger partial charge in [0.2, 0.25) is 5.91 Å². The summed E-state index contributed by atoms with van der Waals surface area (Å²) in [4.78, 5) is 29.8. The highest BCUT2D eigenvalue weighted by Gasteiger charge is 2.24. The van der Waals surface area contributed by atoms with Crippen molar-refractivity contribution in [3.8, 4) is 0 Å². The molecular weight excluding hydrogens is 323 g/mol. The van der Waals surface area contributed by atoms with Gasteiger partial charge in [-0.05, 0) is 31.0 Å². The summed E-state index contributed by atoms with van der Waals surface area (Å²) in [6.45, 7) is 4.48. The van der Waals surface area contributed by atoms with E-state index in [-0.39, 0.29) is 17.6 Å². The van der Waals surface area contributed by atoms with E-state index in [9.17, 15) is 14.0 Å². The number of benzene rings is 1. The smallest absolute Gasteiger partial charge is 0.254 e. The lowest BCUT2D eigenvalue weighted by molar-refractivity contribution is -0.122. The number of rotatable bonds is 4. The van der Waals surface area contributed by atoms with Crippen LogP contribution in [0, 0.1) is 5.82 Å². The Labute approximate surface area is 147 Å². The van der Waals surface area contributed by atoms with Crippen molar-refractivity contribution in [2.75, 3.05) is 57.8 Å². The van der Waals surface area contributed by atoms with E-state index in [0.717, 1.165) is 25.9 Å². The van der Waals surface area contributed by atoms with Gasteiger partial charge in [0.15, 0.2) is 0 Å². The number of piperazine rings is 1. The minimum absolute atomic E-state index is 0.0284. The minimum Gasteiger partial charge on any atom is -0.369 e. The third-order valence-electron chi connectivity index (χ3n) is 4.95. The zero-order valence-corrected chi connectivity index (χ0v) is 14.6. The predicted molar refractivity (Wildman–Crippen MR) is 94.3 cm³/mol. The van der Waals surface area contributed by atoms with Crippen LogP contribution in [0.1, 0.15) is 23.2 Å². The molecule has 0 aliphatic carbocycles. The van der Waals surface area contributed by atoms with E-state index in [2.05, 4.69) is 5.32 Å². The van der Waals surface area contributed by atoms with Gasteiger partial charge in [0.05, 0.1) is 12.2 Å². The van der Waals surface area contributed by atoms with Crippen LogP contribution in [-0.2, 0) is 4.79 Å². The summed E-state index contributed by atoms with van der Waals surface area (Å²) in [5.74, 6) is -0.503. The van der Waals surface area contributed by atoms with E-state index in [1.807, 2.05) is 9.80 Å². The lowest BCUT2D eigenvalue weighted by atomic mass is 10.1. The minimum atomic E-state index is -0.328. The average molecular weight is 348 g/mol. The number of hydrogen-bond donors (Lipinski definition) is 1. The standard InChI is InChI=1S/C18H25FN4O2/c1-20-17(24)13-21-8-10-23(11-9-21)18(25)14-4-5-16(15(19)12-14)22-6-2-3-7-22/h4-5,12H,2-3,6-11,13H2,1H3,(H,20,24). The second-order valence-electron chi connectivity index (χ2n) is 6.60. The van der Waals surface area contributed by atoms with Gasteiger partial charge >= 0.3 is 0 Å². The monoisotopic (exact) mass is 348 g/mol. The third kappa shape index (κ3) is 4.10. The summed E-state index contributed by atoms with van der Waals surface area (Å²) >= 11 is 0. The topological polar surface area (TPSA) is 55.9 Å². The van der Waals surface area contributed by atoms with Crippen LogP contribution in [0.3, 0.4) is 0 Å². The van der Waals surface area contributed by atoms with Crippen LogP contribution in [0.4, 0.5) is 10.1 Å². The van der Waals surface area contributed by atoms with E-state index in [4.69, 9.17) is 0 Å². The Morgan fingerprint density at radius 1 is 1.08 bits per heavy atom. The molecule has 0 bridgehead atoms. The fourth-order valence-corrected chi connectivity index (χ4v) is 3.43. The first-order valence-corrected chi connectivity index (χ1v) is 8.85. The Kier molecular flexibility index (Phi) is 5.53. The molecule has 7 heteroatoms. The summed E-state index contributed by atoms with van der Waals surface area (Å²) in [6, 6.07) is 4.79. The van der Waals surface area contributed by atoms with Gasteiger partial charge in [-0.25, -0.2) is 4.39 Å². The molecule has 0 aromatic heterocycles. The summed E-state index contributed by atoms with van der Waals surface area (Å²) < 4.78 is 14.4. The van der Waals surface area contributed by atoms with E-state index in [0.29, 0.717) is 44.0 Å². The van der Waals surface area contributed by atoms with E-state index < -0.39 is 0 Å². The maximum absolute atomic E-state index is 14.4. The second kappa shape index (κ2) is 7.82. The average Bonchev–Trinajstić information content (AvgIpc) is 3.16.